The minimum Gasteiger partial charge on any atom is -0.481 e. The first-order valence-electron chi connectivity index (χ1n) is 6.69. The van der Waals surface area contributed by atoms with Gasteiger partial charge in [0.1, 0.15) is 0 Å². The van der Waals surface area contributed by atoms with Gasteiger partial charge in [-0.2, -0.15) is 0 Å². The van der Waals surface area contributed by atoms with Crippen molar-refractivity contribution < 1.29 is 24.2 Å². The van der Waals surface area contributed by atoms with Gasteiger partial charge in [-0.1, -0.05) is 18.0 Å². The normalized spacial score (nSPS) is 23.1. The van der Waals surface area contributed by atoms with Crippen molar-refractivity contribution in [2.45, 2.75) is 25.3 Å². The molecule has 112 valence electrons. The van der Waals surface area contributed by atoms with Crippen LogP contribution in [-0.4, -0.2) is 29.8 Å². The molecular weight excluding hydrogens is 298 g/mol. The first-order chi connectivity index (χ1) is 10.1. The molecule has 3 rings (SSSR count). The number of carboxylic acid groups (broad SMARTS) is 1. The van der Waals surface area contributed by atoms with E-state index in [0.29, 0.717) is 34.9 Å². The number of benzene rings is 1. The van der Waals surface area contributed by atoms with Crippen molar-refractivity contribution in [1.82, 2.24) is 5.32 Å². The number of aliphatic carboxylic acids is 1. The maximum atomic E-state index is 12.3. The first kappa shape index (κ1) is 14.0. The Morgan fingerprint density at radius 2 is 2.10 bits per heavy atom. The van der Waals surface area contributed by atoms with Crippen molar-refractivity contribution >= 4 is 23.5 Å². The summed E-state index contributed by atoms with van der Waals surface area (Å²) >= 11 is 6.04. The molecule has 2 atom stereocenters. The van der Waals surface area contributed by atoms with E-state index in [1.54, 1.807) is 6.07 Å². The fourth-order valence-electron chi connectivity index (χ4n) is 2.78. The van der Waals surface area contributed by atoms with Crippen molar-refractivity contribution in [3.05, 3.63) is 22.7 Å². The molecule has 0 spiro atoms. The van der Waals surface area contributed by atoms with Gasteiger partial charge in [-0.15, -0.1) is 0 Å². The summed E-state index contributed by atoms with van der Waals surface area (Å²) in [6.07, 6.45) is 2.05. The van der Waals surface area contributed by atoms with Crippen LogP contribution in [0.2, 0.25) is 5.02 Å². The lowest BCUT2D eigenvalue weighted by atomic mass is 10.0. The molecule has 1 aromatic rings. The molecule has 2 aliphatic rings. The molecule has 2 N–H and O–H groups in total. The van der Waals surface area contributed by atoms with Gasteiger partial charge in [0.05, 0.1) is 10.9 Å². The Bertz CT molecular complexity index is 603. The van der Waals surface area contributed by atoms with E-state index in [-0.39, 0.29) is 18.7 Å². The molecule has 21 heavy (non-hydrogen) atoms. The number of hydrogen-bond acceptors (Lipinski definition) is 4. The number of carboxylic acids is 1. The highest BCUT2D eigenvalue weighted by atomic mass is 35.5. The second-order valence-electron chi connectivity index (χ2n) is 5.15. The van der Waals surface area contributed by atoms with Crippen LogP contribution in [0, 0.1) is 5.92 Å². The van der Waals surface area contributed by atoms with Crippen molar-refractivity contribution in [1.29, 1.82) is 0 Å². The predicted octanol–water partition coefficient (Wildman–Crippen LogP) is 2.05. The number of carbonyl (C=O) groups excluding carboxylic acids is 1. The minimum absolute atomic E-state index is 0.0733. The van der Waals surface area contributed by atoms with Crippen LogP contribution in [-0.2, 0) is 4.79 Å². The van der Waals surface area contributed by atoms with Crippen LogP contribution in [0.1, 0.15) is 29.6 Å². The molecule has 1 fully saturated rings. The third kappa shape index (κ3) is 2.63. The highest BCUT2D eigenvalue weighted by Crippen LogP contribution is 2.39. The van der Waals surface area contributed by atoms with Crippen LogP contribution < -0.4 is 14.8 Å². The van der Waals surface area contributed by atoms with Gasteiger partial charge in [-0.3, -0.25) is 9.59 Å². The van der Waals surface area contributed by atoms with Gasteiger partial charge in [0.25, 0.3) is 5.91 Å². The lowest BCUT2D eigenvalue weighted by Crippen LogP contribution is -2.40. The smallest absolute Gasteiger partial charge is 0.308 e. The van der Waals surface area contributed by atoms with Gasteiger partial charge in [-0.25, -0.2) is 0 Å². The van der Waals surface area contributed by atoms with Gasteiger partial charge in [0.2, 0.25) is 6.79 Å². The van der Waals surface area contributed by atoms with E-state index in [9.17, 15) is 9.59 Å². The summed E-state index contributed by atoms with van der Waals surface area (Å²) in [5.74, 6) is -0.903. The van der Waals surface area contributed by atoms with Crippen molar-refractivity contribution in [2.24, 2.45) is 5.92 Å². The SMILES string of the molecule is O=C(N[C@H]1CCC[C@H]1C(=O)O)c1cc(Cl)c2c(c1)OCO2. The lowest BCUT2D eigenvalue weighted by Gasteiger charge is -2.17. The standard InChI is InChI=1S/C14H14ClNO5/c15-9-4-7(5-11-12(9)21-6-20-11)13(17)16-10-3-1-2-8(10)14(18)19/h4-5,8,10H,1-3,6H2,(H,16,17)(H,18,19)/t8-,10+/m1/s1. The van der Waals surface area contributed by atoms with E-state index in [2.05, 4.69) is 5.32 Å². The maximum absolute atomic E-state index is 12.3. The first-order valence-corrected chi connectivity index (χ1v) is 7.07. The highest BCUT2D eigenvalue weighted by molar-refractivity contribution is 6.32. The molecule has 0 bridgehead atoms. The van der Waals surface area contributed by atoms with Gasteiger partial charge in [0.15, 0.2) is 11.5 Å². The van der Waals surface area contributed by atoms with Crippen LogP contribution in [0.4, 0.5) is 0 Å². The number of carbonyl (C=O) groups is 2. The molecule has 1 heterocycles. The molecule has 0 aromatic heterocycles. The molecule has 1 amide bonds. The summed E-state index contributed by atoms with van der Waals surface area (Å²) in [5, 5.41) is 12.2. The average molecular weight is 312 g/mol. The van der Waals surface area contributed by atoms with E-state index < -0.39 is 11.9 Å². The minimum atomic E-state index is -0.874. The molecule has 1 aromatic carbocycles. The Balaban J connectivity index is 1.77. The van der Waals surface area contributed by atoms with Gasteiger partial charge in [-0.05, 0) is 25.0 Å². The second-order valence-corrected chi connectivity index (χ2v) is 5.55. The van der Waals surface area contributed by atoms with E-state index in [1.807, 2.05) is 0 Å². The van der Waals surface area contributed by atoms with Crippen LogP contribution in [0.25, 0.3) is 0 Å². The largest absolute Gasteiger partial charge is 0.481 e. The van der Waals surface area contributed by atoms with Gasteiger partial charge in [0, 0.05) is 11.6 Å². The monoisotopic (exact) mass is 311 g/mol. The molecule has 0 saturated heterocycles. The molecule has 1 aliphatic heterocycles. The lowest BCUT2D eigenvalue weighted by molar-refractivity contribution is -0.142. The quantitative estimate of drug-likeness (QED) is 0.892. The van der Waals surface area contributed by atoms with E-state index >= 15 is 0 Å². The van der Waals surface area contributed by atoms with Crippen LogP contribution >= 0.6 is 11.6 Å². The Morgan fingerprint density at radius 3 is 2.86 bits per heavy atom. The van der Waals surface area contributed by atoms with E-state index in [0.717, 1.165) is 6.42 Å². The number of halogens is 1. The summed E-state index contributed by atoms with van der Waals surface area (Å²) in [7, 11) is 0. The Kier molecular flexibility index (Phi) is 3.63. The molecular formula is C14H14ClNO5. The van der Waals surface area contributed by atoms with E-state index in [1.165, 1.54) is 6.07 Å². The van der Waals surface area contributed by atoms with Crippen LogP contribution in [0.5, 0.6) is 11.5 Å². The fourth-order valence-corrected chi connectivity index (χ4v) is 3.04. The molecule has 0 unspecified atom stereocenters. The zero-order valence-corrected chi connectivity index (χ0v) is 11.9. The van der Waals surface area contributed by atoms with Gasteiger partial charge < -0.3 is 19.9 Å². The molecule has 0 radical (unpaired) electrons. The zero-order chi connectivity index (χ0) is 15.0. The third-order valence-corrected chi connectivity index (χ3v) is 4.12. The summed E-state index contributed by atoms with van der Waals surface area (Å²) in [4.78, 5) is 23.4. The third-order valence-electron chi connectivity index (χ3n) is 3.84. The number of amides is 1. The maximum Gasteiger partial charge on any atom is 0.308 e. The number of nitrogens with one attached hydrogen (secondary N) is 1. The van der Waals surface area contributed by atoms with E-state index in [4.69, 9.17) is 26.2 Å². The molecule has 1 saturated carbocycles. The van der Waals surface area contributed by atoms with Crippen LogP contribution in [0.3, 0.4) is 0 Å². The Labute approximate surface area is 126 Å². The van der Waals surface area contributed by atoms with Crippen molar-refractivity contribution in [2.75, 3.05) is 6.79 Å². The predicted molar refractivity (Wildman–Crippen MR) is 73.8 cm³/mol. The topological polar surface area (TPSA) is 84.9 Å². The fraction of sp³-hybridized carbons (Fsp3) is 0.429. The number of hydrogen-bond donors (Lipinski definition) is 2. The number of ether oxygens (including phenoxy) is 2. The van der Waals surface area contributed by atoms with Crippen molar-refractivity contribution in [3.8, 4) is 11.5 Å². The summed E-state index contributed by atoms with van der Waals surface area (Å²) < 4.78 is 10.4. The molecule has 7 heteroatoms. The Morgan fingerprint density at radius 1 is 1.29 bits per heavy atom. The number of rotatable bonds is 3. The van der Waals surface area contributed by atoms with Gasteiger partial charge >= 0.3 is 5.97 Å². The van der Waals surface area contributed by atoms with Crippen molar-refractivity contribution in [3.63, 3.8) is 0 Å². The number of fused-ring (bicyclic) bond motifs is 1. The molecule has 1 aliphatic carbocycles. The average Bonchev–Trinajstić information content (AvgIpc) is 3.06. The second kappa shape index (κ2) is 5.44. The zero-order valence-electron chi connectivity index (χ0n) is 11.1. The summed E-state index contributed by atoms with van der Waals surface area (Å²) in [6, 6.07) is 2.70. The summed E-state index contributed by atoms with van der Waals surface area (Å²) in [5.41, 5.74) is 0.334. The van der Waals surface area contributed by atoms with Crippen LogP contribution in [0.15, 0.2) is 12.1 Å². The summed E-state index contributed by atoms with van der Waals surface area (Å²) in [6.45, 7) is 0.0733. The highest BCUT2D eigenvalue weighted by Gasteiger charge is 2.34. The molecule has 6 nitrogen and oxygen atoms in total. The Hall–Kier alpha value is -1.95.